The number of pyridine rings is 1. The highest BCUT2D eigenvalue weighted by atomic mass is 16.5. The van der Waals surface area contributed by atoms with Crippen molar-refractivity contribution in [3.63, 3.8) is 0 Å². The third-order valence-corrected chi connectivity index (χ3v) is 3.51. The Labute approximate surface area is 127 Å². The summed E-state index contributed by atoms with van der Waals surface area (Å²) < 4.78 is 5.88. The van der Waals surface area contributed by atoms with Gasteiger partial charge in [-0.3, -0.25) is 4.98 Å². The van der Waals surface area contributed by atoms with Crippen molar-refractivity contribution in [1.82, 2.24) is 4.98 Å². The molecule has 0 aliphatic heterocycles. The maximum atomic E-state index is 5.96. The van der Waals surface area contributed by atoms with Crippen LogP contribution in [0, 0.1) is 0 Å². The SMILES string of the molecule is CC[C@H](N)c1ccc(Oc2cccc(C(C)(C)C)c2)cn1. The Morgan fingerprint density at radius 3 is 2.48 bits per heavy atom. The molecular formula is C18H24N2O. The fourth-order valence-electron chi connectivity index (χ4n) is 2.04. The van der Waals surface area contributed by atoms with Crippen LogP contribution in [0.25, 0.3) is 0 Å². The van der Waals surface area contributed by atoms with E-state index in [0.29, 0.717) is 0 Å². The van der Waals surface area contributed by atoms with Crippen LogP contribution < -0.4 is 10.5 Å². The molecule has 0 unspecified atom stereocenters. The number of aromatic nitrogens is 1. The summed E-state index contributed by atoms with van der Waals surface area (Å²) >= 11 is 0. The average molecular weight is 284 g/mol. The minimum atomic E-state index is -0.0109. The third kappa shape index (κ3) is 4.05. The summed E-state index contributed by atoms with van der Waals surface area (Å²) in [5, 5.41) is 0. The predicted molar refractivity (Wildman–Crippen MR) is 86.7 cm³/mol. The Kier molecular flexibility index (Phi) is 4.63. The lowest BCUT2D eigenvalue weighted by Crippen LogP contribution is -2.11. The van der Waals surface area contributed by atoms with Gasteiger partial charge in [-0.1, -0.05) is 39.8 Å². The lowest BCUT2D eigenvalue weighted by atomic mass is 9.87. The standard InChI is InChI=1S/C18H24N2O/c1-5-16(19)17-10-9-15(12-20-17)21-14-8-6-7-13(11-14)18(2,3)4/h6-12,16H,5,19H2,1-4H3/t16-/m0/s1. The van der Waals surface area contributed by atoms with Gasteiger partial charge in [0.05, 0.1) is 11.9 Å². The van der Waals surface area contributed by atoms with Crippen molar-refractivity contribution in [1.29, 1.82) is 0 Å². The molecule has 2 rings (SSSR count). The van der Waals surface area contributed by atoms with Gasteiger partial charge in [-0.05, 0) is 41.7 Å². The molecule has 21 heavy (non-hydrogen) atoms. The van der Waals surface area contributed by atoms with Crippen LogP contribution in [0.5, 0.6) is 11.5 Å². The smallest absolute Gasteiger partial charge is 0.145 e. The maximum Gasteiger partial charge on any atom is 0.145 e. The molecule has 3 heteroatoms. The van der Waals surface area contributed by atoms with E-state index in [4.69, 9.17) is 10.5 Å². The zero-order valence-electron chi connectivity index (χ0n) is 13.3. The first kappa shape index (κ1) is 15.5. The molecule has 1 heterocycles. The molecule has 0 aliphatic rings. The van der Waals surface area contributed by atoms with Crippen LogP contribution in [-0.4, -0.2) is 4.98 Å². The molecule has 2 aromatic rings. The van der Waals surface area contributed by atoms with Crippen LogP contribution in [0.1, 0.15) is 51.4 Å². The first-order valence-corrected chi connectivity index (χ1v) is 7.40. The molecule has 0 aliphatic carbocycles. The fourth-order valence-corrected chi connectivity index (χ4v) is 2.04. The Bertz CT molecular complexity index is 585. The molecule has 0 fully saturated rings. The summed E-state index contributed by atoms with van der Waals surface area (Å²) in [6.07, 6.45) is 2.61. The second-order valence-corrected chi connectivity index (χ2v) is 6.31. The average Bonchev–Trinajstić information content (AvgIpc) is 2.47. The highest BCUT2D eigenvalue weighted by Gasteiger charge is 2.14. The monoisotopic (exact) mass is 284 g/mol. The van der Waals surface area contributed by atoms with Crippen molar-refractivity contribution >= 4 is 0 Å². The fraction of sp³-hybridized carbons (Fsp3) is 0.389. The largest absolute Gasteiger partial charge is 0.456 e. The zero-order chi connectivity index (χ0) is 15.5. The molecule has 1 aromatic carbocycles. The Balaban J connectivity index is 2.15. The van der Waals surface area contributed by atoms with Crippen molar-refractivity contribution in [3.8, 4) is 11.5 Å². The number of hydrogen-bond donors (Lipinski definition) is 1. The summed E-state index contributed by atoms with van der Waals surface area (Å²) in [4.78, 5) is 4.37. The van der Waals surface area contributed by atoms with E-state index < -0.39 is 0 Å². The Hall–Kier alpha value is -1.87. The van der Waals surface area contributed by atoms with Gasteiger partial charge in [0.2, 0.25) is 0 Å². The van der Waals surface area contributed by atoms with Crippen LogP contribution in [0.15, 0.2) is 42.6 Å². The topological polar surface area (TPSA) is 48.1 Å². The maximum absolute atomic E-state index is 5.96. The summed E-state index contributed by atoms with van der Waals surface area (Å²) in [6, 6.07) is 12.0. The van der Waals surface area contributed by atoms with Gasteiger partial charge in [0.1, 0.15) is 11.5 Å². The van der Waals surface area contributed by atoms with Gasteiger partial charge in [0, 0.05) is 6.04 Å². The van der Waals surface area contributed by atoms with E-state index in [1.165, 1.54) is 5.56 Å². The molecule has 0 radical (unpaired) electrons. The highest BCUT2D eigenvalue weighted by Crippen LogP contribution is 2.28. The van der Waals surface area contributed by atoms with Gasteiger partial charge in [-0.15, -0.1) is 0 Å². The molecule has 1 aromatic heterocycles. The van der Waals surface area contributed by atoms with E-state index in [9.17, 15) is 0 Å². The van der Waals surface area contributed by atoms with E-state index in [0.717, 1.165) is 23.6 Å². The van der Waals surface area contributed by atoms with Crippen molar-refractivity contribution in [3.05, 3.63) is 53.9 Å². The quantitative estimate of drug-likeness (QED) is 0.893. The van der Waals surface area contributed by atoms with Crippen molar-refractivity contribution in [2.75, 3.05) is 0 Å². The number of ether oxygens (including phenoxy) is 1. The summed E-state index contributed by atoms with van der Waals surface area (Å²) in [5.74, 6) is 1.56. The minimum absolute atomic E-state index is 0.0109. The van der Waals surface area contributed by atoms with E-state index in [-0.39, 0.29) is 11.5 Å². The van der Waals surface area contributed by atoms with Gasteiger partial charge in [-0.2, -0.15) is 0 Å². The molecule has 1 atom stereocenters. The number of nitrogens with zero attached hydrogens (tertiary/aromatic N) is 1. The number of benzene rings is 1. The van der Waals surface area contributed by atoms with Crippen LogP contribution in [0.4, 0.5) is 0 Å². The minimum Gasteiger partial charge on any atom is -0.456 e. The summed E-state index contributed by atoms with van der Waals surface area (Å²) in [7, 11) is 0. The zero-order valence-corrected chi connectivity index (χ0v) is 13.3. The van der Waals surface area contributed by atoms with Crippen LogP contribution in [0.3, 0.4) is 0 Å². The van der Waals surface area contributed by atoms with Crippen LogP contribution >= 0.6 is 0 Å². The molecule has 112 valence electrons. The van der Waals surface area contributed by atoms with Gasteiger partial charge in [-0.25, -0.2) is 0 Å². The van der Waals surface area contributed by atoms with Crippen LogP contribution in [0.2, 0.25) is 0 Å². The first-order valence-electron chi connectivity index (χ1n) is 7.40. The summed E-state index contributed by atoms with van der Waals surface area (Å²) in [5.41, 5.74) is 8.21. The van der Waals surface area contributed by atoms with E-state index in [1.54, 1.807) is 6.20 Å². The molecule has 0 bridgehead atoms. The number of hydrogen-bond acceptors (Lipinski definition) is 3. The Morgan fingerprint density at radius 2 is 1.90 bits per heavy atom. The second-order valence-electron chi connectivity index (χ2n) is 6.31. The van der Waals surface area contributed by atoms with Gasteiger partial charge >= 0.3 is 0 Å². The van der Waals surface area contributed by atoms with E-state index in [2.05, 4.69) is 44.8 Å². The summed E-state index contributed by atoms with van der Waals surface area (Å²) in [6.45, 7) is 8.62. The molecule has 0 saturated heterocycles. The van der Waals surface area contributed by atoms with Crippen LogP contribution in [-0.2, 0) is 5.41 Å². The van der Waals surface area contributed by atoms with Crippen molar-refractivity contribution in [2.45, 2.75) is 45.6 Å². The highest BCUT2D eigenvalue weighted by molar-refractivity contribution is 5.36. The molecular weight excluding hydrogens is 260 g/mol. The lowest BCUT2D eigenvalue weighted by Gasteiger charge is -2.19. The first-order chi connectivity index (χ1) is 9.90. The van der Waals surface area contributed by atoms with E-state index in [1.807, 2.05) is 24.3 Å². The van der Waals surface area contributed by atoms with Crippen molar-refractivity contribution < 1.29 is 4.74 Å². The number of nitrogens with two attached hydrogens (primary N) is 1. The number of rotatable bonds is 4. The molecule has 0 saturated carbocycles. The van der Waals surface area contributed by atoms with Gasteiger partial charge in [0.15, 0.2) is 0 Å². The van der Waals surface area contributed by atoms with Gasteiger partial charge < -0.3 is 10.5 Å². The second kappa shape index (κ2) is 6.27. The third-order valence-electron chi connectivity index (χ3n) is 3.51. The van der Waals surface area contributed by atoms with Crippen molar-refractivity contribution in [2.24, 2.45) is 5.73 Å². The van der Waals surface area contributed by atoms with E-state index >= 15 is 0 Å². The van der Waals surface area contributed by atoms with Gasteiger partial charge in [0.25, 0.3) is 0 Å². The normalized spacial score (nSPS) is 13.0. The Morgan fingerprint density at radius 1 is 1.14 bits per heavy atom. The molecule has 0 spiro atoms. The predicted octanol–water partition coefficient (Wildman–Crippen LogP) is 4.58. The molecule has 0 amide bonds. The molecule has 2 N–H and O–H groups in total. The molecule has 3 nitrogen and oxygen atoms in total. The lowest BCUT2D eigenvalue weighted by molar-refractivity contribution is 0.475.